The van der Waals surface area contributed by atoms with E-state index in [0.29, 0.717) is 44.1 Å². The highest BCUT2D eigenvalue weighted by Gasteiger charge is 2.64. The van der Waals surface area contributed by atoms with Crippen LogP contribution in [0.1, 0.15) is 112 Å². The van der Waals surface area contributed by atoms with Crippen molar-refractivity contribution in [3.8, 4) is 0 Å². The number of unbranched alkanes of at least 4 members (excludes halogenated alkanes) is 2. The van der Waals surface area contributed by atoms with Crippen LogP contribution in [0.15, 0.2) is 58.7 Å². The molecule has 4 N–H and O–H groups in total. The lowest BCUT2D eigenvalue weighted by molar-refractivity contribution is -0.168. The van der Waals surface area contributed by atoms with Gasteiger partial charge in [0.05, 0.1) is 31.0 Å². The molecule has 0 radical (unpaired) electrons. The number of rotatable bonds is 18. The first kappa shape index (κ1) is 37.4. The van der Waals surface area contributed by atoms with Crippen molar-refractivity contribution in [2.45, 2.75) is 129 Å². The zero-order valence-corrected chi connectivity index (χ0v) is 27.6. The number of aliphatic hydroxyl groups excluding tert-OH is 3. The van der Waals surface area contributed by atoms with Crippen molar-refractivity contribution in [1.29, 1.82) is 0 Å². The molecule has 2 rings (SSSR count). The Morgan fingerprint density at radius 2 is 1.91 bits per heavy atom. The quantitative estimate of drug-likeness (QED) is 0.0447. The maximum Gasteiger partial charge on any atom is 0.145 e. The minimum Gasteiger partial charge on any atom is -0.396 e. The van der Waals surface area contributed by atoms with Crippen LogP contribution in [-0.4, -0.2) is 64.3 Å². The molecule has 6 atom stereocenters. The monoisotopic (exact) mass is 600 g/mol. The number of carbonyl (C=O) groups excluding carboxylic acids is 1. The van der Waals surface area contributed by atoms with Crippen molar-refractivity contribution in [3.05, 3.63) is 58.7 Å². The van der Waals surface area contributed by atoms with Crippen LogP contribution in [0, 0.1) is 17.3 Å². The average molecular weight is 601 g/mol. The van der Waals surface area contributed by atoms with Gasteiger partial charge in [0.2, 0.25) is 0 Å². The highest BCUT2D eigenvalue weighted by Crippen LogP contribution is 2.63. The van der Waals surface area contributed by atoms with Crippen LogP contribution >= 0.6 is 0 Å². The third kappa shape index (κ3) is 9.83. The lowest BCUT2D eigenvalue weighted by Crippen LogP contribution is -2.59. The van der Waals surface area contributed by atoms with Gasteiger partial charge in [-0.3, -0.25) is 4.79 Å². The maximum atomic E-state index is 12.3. The number of carbonyl (C=O) groups is 1. The molecule has 0 aromatic rings. The standard InChI is InChI=1S/C37H60O6/c1-7-8-9-17-31(25-40)43-26-30(16-11-15-28(4)14-10-13-27(2)3)33-20-22-37(35(33)41)34(18-12-23-38)32(29(5)24-39)19-21-36(37,6)42/h11,13,15-16,24,31,33-35,38,40-42H,4,7-10,12,14,17-23,25-26H2,1-3,5-6H3/b15-11+,30-16-,32-29-/t31-,33+,34+,35-,36-,37-/m1/s1. The zero-order valence-electron chi connectivity index (χ0n) is 27.6. The Balaban J connectivity index is 2.45. The van der Waals surface area contributed by atoms with Crippen LogP contribution in [0.5, 0.6) is 0 Å². The SMILES string of the molecule is C=C(/C=C/C=C(/CO[C@@H](CO)CCCCC)[C@@H]1CC[C@]2([C@@H]1O)[C@@H](CCCO)/C(=C(/C)C=O)CC[C@@]2(C)O)CCC=C(C)C. The Morgan fingerprint density at radius 1 is 1.16 bits per heavy atom. The molecule has 244 valence electrons. The third-order valence-electron chi connectivity index (χ3n) is 9.99. The van der Waals surface area contributed by atoms with Crippen LogP contribution in [0.3, 0.4) is 0 Å². The summed E-state index contributed by atoms with van der Waals surface area (Å²) < 4.78 is 6.26. The second kappa shape index (κ2) is 18.2. The van der Waals surface area contributed by atoms with Crippen LogP contribution in [0.4, 0.5) is 0 Å². The van der Waals surface area contributed by atoms with Crippen LogP contribution < -0.4 is 0 Å². The molecule has 1 spiro atoms. The summed E-state index contributed by atoms with van der Waals surface area (Å²) >= 11 is 0. The van der Waals surface area contributed by atoms with Gasteiger partial charge in [0.25, 0.3) is 0 Å². The predicted octanol–water partition coefficient (Wildman–Crippen LogP) is 6.94. The Labute approximate surface area is 261 Å². The topological polar surface area (TPSA) is 107 Å². The number of allylic oxidation sites excluding steroid dienone is 8. The van der Waals surface area contributed by atoms with Crippen molar-refractivity contribution < 1.29 is 30.0 Å². The molecule has 0 bridgehead atoms. The lowest BCUT2D eigenvalue weighted by atomic mass is 9.52. The van der Waals surface area contributed by atoms with Crippen molar-refractivity contribution in [2.24, 2.45) is 17.3 Å². The molecule has 0 aromatic heterocycles. The molecule has 43 heavy (non-hydrogen) atoms. The van der Waals surface area contributed by atoms with Crippen molar-refractivity contribution in [3.63, 3.8) is 0 Å². The average Bonchev–Trinajstić information content (AvgIpc) is 3.31. The second-order valence-electron chi connectivity index (χ2n) is 13.3. The summed E-state index contributed by atoms with van der Waals surface area (Å²) in [6, 6.07) is 0. The molecule has 6 nitrogen and oxygen atoms in total. The summed E-state index contributed by atoms with van der Waals surface area (Å²) in [5, 5.41) is 43.9. The minimum atomic E-state index is -1.14. The van der Waals surface area contributed by atoms with Crippen molar-refractivity contribution >= 4 is 6.29 Å². The number of hydrogen-bond donors (Lipinski definition) is 4. The van der Waals surface area contributed by atoms with E-state index in [-0.39, 0.29) is 37.8 Å². The summed E-state index contributed by atoms with van der Waals surface area (Å²) in [6.45, 7) is 14.4. The van der Waals surface area contributed by atoms with Gasteiger partial charge in [-0.1, -0.05) is 73.8 Å². The Bertz CT molecular complexity index is 1010. The molecule has 6 heteroatoms. The molecule has 0 heterocycles. The fraction of sp³-hybridized carbons (Fsp3) is 0.703. The summed E-state index contributed by atoms with van der Waals surface area (Å²) in [5.41, 5.74) is 2.92. The lowest BCUT2D eigenvalue weighted by Gasteiger charge is -2.55. The Hall–Kier alpha value is -1.83. The first-order valence-electron chi connectivity index (χ1n) is 16.6. The minimum absolute atomic E-state index is 0.0174. The molecule has 0 saturated heterocycles. The van der Waals surface area contributed by atoms with E-state index in [0.717, 1.165) is 61.5 Å². The predicted molar refractivity (Wildman–Crippen MR) is 176 cm³/mol. The van der Waals surface area contributed by atoms with Crippen LogP contribution in [0.25, 0.3) is 0 Å². The van der Waals surface area contributed by atoms with E-state index in [1.54, 1.807) is 0 Å². The van der Waals surface area contributed by atoms with E-state index in [4.69, 9.17) is 4.74 Å². The normalized spacial score (nSPS) is 29.7. The summed E-state index contributed by atoms with van der Waals surface area (Å²) in [5.74, 6) is -0.460. The van der Waals surface area contributed by atoms with Gasteiger partial charge in [-0.15, -0.1) is 0 Å². The number of hydrogen-bond acceptors (Lipinski definition) is 6. The van der Waals surface area contributed by atoms with E-state index in [9.17, 15) is 25.2 Å². The van der Waals surface area contributed by atoms with E-state index in [2.05, 4.69) is 33.4 Å². The van der Waals surface area contributed by atoms with Gasteiger partial charge >= 0.3 is 0 Å². The van der Waals surface area contributed by atoms with Gasteiger partial charge in [-0.2, -0.15) is 0 Å². The molecule has 0 aromatic carbocycles. The van der Waals surface area contributed by atoms with Crippen LogP contribution in [0.2, 0.25) is 0 Å². The second-order valence-corrected chi connectivity index (χ2v) is 13.3. The summed E-state index contributed by atoms with van der Waals surface area (Å²) in [4.78, 5) is 11.9. The highest BCUT2D eigenvalue weighted by molar-refractivity contribution is 5.74. The molecule has 0 aliphatic heterocycles. The Morgan fingerprint density at radius 3 is 2.53 bits per heavy atom. The van der Waals surface area contributed by atoms with Gasteiger partial charge in [-0.25, -0.2) is 0 Å². The molecule has 2 fully saturated rings. The first-order valence-corrected chi connectivity index (χ1v) is 16.6. The van der Waals surface area contributed by atoms with E-state index in [1.807, 2.05) is 32.1 Å². The van der Waals surface area contributed by atoms with Gasteiger partial charge in [-0.05, 0) is 103 Å². The fourth-order valence-corrected chi connectivity index (χ4v) is 7.44. The molecular weight excluding hydrogens is 540 g/mol. The molecule has 2 saturated carbocycles. The number of aliphatic hydroxyl groups is 4. The van der Waals surface area contributed by atoms with E-state index in [1.165, 1.54) is 5.57 Å². The zero-order chi connectivity index (χ0) is 32.0. The molecule has 0 amide bonds. The molecule has 0 unspecified atom stereocenters. The first-order chi connectivity index (χ1) is 20.5. The van der Waals surface area contributed by atoms with E-state index < -0.39 is 17.1 Å². The van der Waals surface area contributed by atoms with Crippen molar-refractivity contribution in [2.75, 3.05) is 19.8 Å². The van der Waals surface area contributed by atoms with Gasteiger partial charge < -0.3 is 25.2 Å². The highest BCUT2D eigenvalue weighted by atomic mass is 16.5. The Kier molecular flexibility index (Phi) is 15.8. The summed E-state index contributed by atoms with van der Waals surface area (Å²) in [7, 11) is 0. The third-order valence-corrected chi connectivity index (χ3v) is 9.99. The maximum absolute atomic E-state index is 12.3. The van der Waals surface area contributed by atoms with Gasteiger partial charge in [0.15, 0.2) is 0 Å². The van der Waals surface area contributed by atoms with Crippen LogP contribution in [-0.2, 0) is 9.53 Å². The van der Waals surface area contributed by atoms with Gasteiger partial charge in [0, 0.05) is 17.9 Å². The number of ether oxygens (including phenoxy) is 1. The fourth-order valence-electron chi connectivity index (χ4n) is 7.44. The largest absolute Gasteiger partial charge is 0.396 e. The summed E-state index contributed by atoms with van der Waals surface area (Å²) in [6.07, 6.45) is 17.2. The molecule has 2 aliphatic rings. The number of aldehydes is 1. The van der Waals surface area contributed by atoms with Gasteiger partial charge in [0.1, 0.15) is 6.29 Å². The molecular formula is C37H60O6. The van der Waals surface area contributed by atoms with Crippen molar-refractivity contribution in [1.82, 2.24) is 0 Å². The molecule has 2 aliphatic carbocycles. The van der Waals surface area contributed by atoms with E-state index >= 15 is 0 Å². The smallest absolute Gasteiger partial charge is 0.145 e.